The Labute approximate surface area is 249 Å². The van der Waals surface area contributed by atoms with Gasteiger partial charge in [0.15, 0.2) is 0 Å². The second kappa shape index (κ2) is 9.57. The Morgan fingerprint density at radius 1 is 0.333 bits per heavy atom. The van der Waals surface area contributed by atoms with Crippen LogP contribution in [0.3, 0.4) is 0 Å². The van der Waals surface area contributed by atoms with Gasteiger partial charge in [-0.05, 0) is 112 Å². The highest BCUT2D eigenvalue weighted by molar-refractivity contribution is 6.25. The maximum Gasteiger partial charge on any atom is -0.00259 e. The van der Waals surface area contributed by atoms with E-state index in [-0.39, 0.29) is 10.8 Å². The van der Waals surface area contributed by atoms with Crippen LogP contribution >= 0.6 is 0 Å². The third kappa shape index (κ3) is 4.47. The molecule has 0 bridgehead atoms. The monoisotopic (exact) mass is 542 g/mol. The van der Waals surface area contributed by atoms with Gasteiger partial charge < -0.3 is 0 Å². The van der Waals surface area contributed by atoms with Gasteiger partial charge in [0.25, 0.3) is 0 Å². The van der Waals surface area contributed by atoms with Gasteiger partial charge in [0.2, 0.25) is 0 Å². The summed E-state index contributed by atoms with van der Waals surface area (Å²) in [5.41, 5.74) is 8.07. The molecule has 0 heterocycles. The third-order valence-corrected chi connectivity index (χ3v) is 8.93. The lowest BCUT2D eigenvalue weighted by Gasteiger charge is -2.22. The van der Waals surface area contributed by atoms with E-state index in [1.807, 2.05) is 0 Å². The summed E-state index contributed by atoms with van der Waals surface area (Å²) in [6.45, 7) is 13.7. The lowest BCUT2D eigenvalue weighted by atomic mass is 9.81. The van der Waals surface area contributed by atoms with Crippen molar-refractivity contribution in [1.82, 2.24) is 0 Å². The van der Waals surface area contributed by atoms with E-state index in [4.69, 9.17) is 0 Å². The Morgan fingerprint density at radius 3 is 0.833 bits per heavy atom. The van der Waals surface area contributed by atoms with Crippen LogP contribution in [-0.2, 0) is 10.8 Å². The molecule has 0 N–H and O–H groups in total. The van der Waals surface area contributed by atoms with Gasteiger partial charge in [0.05, 0.1) is 0 Å². The van der Waals surface area contributed by atoms with Crippen LogP contribution in [0.4, 0.5) is 0 Å². The molecule has 0 unspecified atom stereocenters. The zero-order chi connectivity index (χ0) is 29.2. The van der Waals surface area contributed by atoms with E-state index in [1.54, 1.807) is 0 Å². The minimum Gasteiger partial charge on any atom is -0.0616 e. The molecule has 0 radical (unpaired) electrons. The van der Waals surface area contributed by atoms with Crippen molar-refractivity contribution in [2.45, 2.75) is 52.4 Å². The highest BCUT2D eigenvalue weighted by atomic mass is 14.2. The van der Waals surface area contributed by atoms with Gasteiger partial charge in [-0.1, -0.05) is 139 Å². The van der Waals surface area contributed by atoms with Crippen molar-refractivity contribution in [3.8, 4) is 22.3 Å². The Morgan fingerprint density at radius 2 is 0.595 bits per heavy atom. The van der Waals surface area contributed by atoms with Gasteiger partial charge in [-0.15, -0.1) is 0 Å². The van der Waals surface area contributed by atoms with E-state index in [0.717, 1.165) is 0 Å². The van der Waals surface area contributed by atoms with Crippen molar-refractivity contribution in [3.63, 3.8) is 0 Å². The van der Waals surface area contributed by atoms with Crippen molar-refractivity contribution < 1.29 is 0 Å². The van der Waals surface area contributed by atoms with Crippen LogP contribution in [0, 0.1) is 0 Å². The first-order valence-corrected chi connectivity index (χ1v) is 15.1. The van der Waals surface area contributed by atoms with Gasteiger partial charge >= 0.3 is 0 Å². The van der Waals surface area contributed by atoms with Crippen LogP contribution in [0.25, 0.3) is 65.3 Å². The lowest BCUT2D eigenvalue weighted by molar-refractivity contribution is 0.590. The van der Waals surface area contributed by atoms with Gasteiger partial charge in [0.1, 0.15) is 0 Å². The van der Waals surface area contributed by atoms with E-state index in [0.29, 0.717) is 0 Å². The molecule has 206 valence electrons. The van der Waals surface area contributed by atoms with Crippen molar-refractivity contribution in [3.05, 3.63) is 132 Å². The number of rotatable bonds is 2. The van der Waals surface area contributed by atoms with Crippen molar-refractivity contribution in [1.29, 1.82) is 0 Å². The summed E-state index contributed by atoms with van der Waals surface area (Å²) in [5.74, 6) is 0. The molecular formula is C42H38. The Balaban J connectivity index is 1.66. The predicted molar refractivity (Wildman–Crippen MR) is 185 cm³/mol. The molecule has 0 atom stereocenters. The summed E-state index contributed by atoms with van der Waals surface area (Å²) in [4.78, 5) is 0. The molecule has 0 aliphatic carbocycles. The lowest BCUT2D eigenvalue weighted by Crippen LogP contribution is -2.10. The fraction of sp³-hybridized carbons (Fsp3) is 0.190. The number of benzene rings is 7. The minimum absolute atomic E-state index is 0.109. The molecule has 7 aromatic carbocycles. The SMILES string of the molecule is CC(C)(C)c1ccc(-c2c3cc4ccccc4cc3c(-c3ccc(C(C)(C)C)cc3)c3cc4ccccc4cc23)cc1. The molecule has 0 aromatic heterocycles. The molecule has 0 saturated carbocycles. The average molecular weight is 543 g/mol. The van der Waals surface area contributed by atoms with Crippen molar-refractivity contribution in [2.24, 2.45) is 0 Å². The summed E-state index contributed by atoms with van der Waals surface area (Å²) in [5, 5.41) is 10.3. The average Bonchev–Trinajstić information content (AvgIpc) is 2.97. The first-order valence-electron chi connectivity index (χ1n) is 15.1. The van der Waals surface area contributed by atoms with Crippen LogP contribution < -0.4 is 0 Å². The maximum atomic E-state index is 2.42. The molecule has 7 aromatic rings. The van der Waals surface area contributed by atoms with Gasteiger partial charge in [-0.3, -0.25) is 0 Å². The molecule has 0 aliphatic heterocycles. The molecule has 0 heteroatoms. The molecule has 0 aliphatic rings. The molecular weight excluding hydrogens is 504 g/mol. The highest BCUT2D eigenvalue weighted by Gasteiger charge is 2.20. The van der Waals surface area contributed by atoms with Gasteiger partial charge in [-0.2, -0.15) is 0 Å². The molecule has 0 spiro atoms. The van der Waals surface area contributed by atoms with E-state index in [9.17, 15) is 0 Å². The van der Waals surface area contributed by atoms with Crippen molar-refractivity contribution in [2.75, 3.05) is 0 Å². The highest BCUT2D eigenvalue weighted by Crippen LogP contribution is 2.46. The van der Waals surface area contributed by atoms with E-state index < -0.39 is 0 Å². The summed E-state index contributed by atoms with van der Waals surface area (Å²) in [6, 6.07) is 45.8. The second-order valence-corrected chi connectivity index (χ2v) is 13.9. The van der Waals surface area contributed by atoms with E-state index in [2.05, 4.69) is 163 Å². The summed E-state index contributed by atoms with van der Waals surface area (Å²) < 4.78 is 0. The standard InChI is InChI=1S/C42H38/c1-41(2,3)33-19-15-27(16-20-33)39-35-23-29-11-7-9-13-31(29)25-37(35)40(28-17-21-34(22-18-28)42(4,5)6)38-26-32-14-10-8-12-30(32)24-36(38)39/h7-26H,1-6H3. The minimum atomic E-state index is 0.109. The Hall–Kier alpha value is -4.42. The maximum absolute atomic E-state index is 2.42. The normalized spacial score (nSPS) is 12.5. The molecule has 0 saturated heterocycles. The largest absolute Gasteiger partial charge is 0.0616 e. The Bertz CT molecular complexity index is 1860. The quantitative estimate of drug-likeness (QED) is 0.191. The van der Waals surface area contributed by atoms with E-state index >= 15 is 0 Å². The topological polar surface area (TPSA) is 0 Å². The Kier molecular flexibility index (Phi) is 6.03. The summed E-state index contributed by atoms with van der Waals surface area (Å²) >= 11 is 0. The predicted octanol–water partition coefficient (Wildman–Crippen LogP) is 12.2. The second-order valence-electron chi connectivity index (χ2n) is 13.9. The molecule has 0 fully saturated rings. The molecule has 0 amide bonds. The van der Waals surface area contributed by atoms with Crippen LogP contribution in [-0.4, -0.2) is 0 Å². The van der Waals surface area contributed by atoms with Crippen LogP contribution in [0.2, 0.25) is 0 Å². The number of hydrogen-bond acceptors (Lipinski definition) is 0. The smallest absolute Gasteiger partial charge is 0.00259 e. The summed E-state index contributed by atoms with van der Waals surface area (Å²) in [7, 11) is 0. The van der Waals surface area contributed by atoms with E-state index in [1.165, 1.54) is 76.5 Å². The molecule has 0 nitrogen and oxygen atoms in total. The van der Waals surface area contributed by atoms with Crippen molar-refractivity contribution >= 4 is 43.1 Å². The zero-order valence-corrected chi connectivity index (χ0v) is 25.5. The van der Waals surface area contributed by atoms with Gasteiger partial charge in [-0.25, -0.2) is 0 Å². The first kappa shape index (κ1) is 26.5. The van der Waals surface area contributed by atoms with Crippen LogP contribution in [0.1, 0.15) is 52.7 Å². The third-order valence-electron chi connectivity index (χ3n) is 8.93. The summed E-state index contributed by atoms with van der Waals surface area (Å²) in [6.07, 6.45) is 0. The molecule has 7 rings (SSSR count). The number of fused-ring (bicyclic) bond motifs is 4. The van der Waals surface area contributed by atoms with Crippen LogP contribution in [0.15, 0.2) is 121 Å². The fourth-order valence-corrected chi connectivity index (χ4v) is 6.49. The fourth-order valence-electron chi connectivity index (χ4n) is 6.49. The molecule has 42 heavy (non-hydrogen) atoms. The van der Waals surface area contributed by atoms with Crippen LogP contribution in [0.5, 0.6) is 0 Å². The zero-order valence-electron chi connectivity index (χ0n) is 25.5. The van der Waals surface area contributed by atoms with Gasteiger partial charge in [0, 0.05) is 0 Å². The first-order chi connectivity index (χ1) is 20.1. The number of hydrogen-bond donors (Lipinski definition) is 0.